The molecular formula is C34H51O6P. The van der Waals surface area contributed by atoms with Crippen LogP contribution in [0.3, 0.4) is 0 Å². The third-order valence-electron chi connectivity index (χ3n) is 7.45. The van der Waals surface area contributed by atoms with Crippen LogP contribution in [0.2, 0.25) is 0 Å². The Balaban J connectivity index is 1.34. The summed E-state index contributed by atoms with van der Waals surface area (Å²) in [6.07, 6.45) is 1.97. The molecular weight excluding hydrogens is 535 g/mol. The van der Waals surface area contributed by atoms with E-state index in [2.05, 4.69) is 99.6 Å². The summed E-state index contributed by atoms with van der Waals surface area (Å²) in [5.41, 5.74) is 4.60. The lowest BCUT2D eigenvalue weighted by Crippen LogP contribution is -2.50. The zero-order valence-corrected chi connectivity index (χ0v) is 27.7. The van der Waals surface area contributed by atoms with Crippen LogP contribution in [-0.2, 0) is 42.2 Å². The normalized spacial score (nSPS) is 23.8. The number of hydrogen-bond acceptors (Lipinski definition) is 6. The Kier molecular flexibility index (Phi) is 10.1. The van der Waals surface area contributed by atoms with Gasteiger partial charge >= 0.3 is 15.1 Å². The smallest absolute Gasteiger partial charge is 0.397 e. The van der Waals surface area contributed by atoms with Crippen molar-refractivity contribution in [2.75, 3.05) is 26.4 Å². The SMILES string of the molecule is CC(C)Cc1ccc(OP2OCC3(COC(Oc4ccc(C(C)(C)C)cc4CC(C)C)OC3)CO2)c(C(C)(C)C)c1. The number of rotatable bonds is 8. The second kappa shape index (κ2) is 12.9. The summed E-state index contributed by atoms with van der Waals surface area (Å²) in [5, 5.41) is 0. The Hall–Kier alpha value is -1.69. The zero-order valence-electron chi connectivity index (χ0n) is 26.8. The first-order chi connectivity index (χ1) is 19.1. The minimum atomic E-state index is -1.51. The van der Waals surface area contributed by atoms with E-state index in [4.69, 9.17) is 27.8 Å². The third kappa shape index (κ3) is 8.67. The Morgan fingerprint density at radius 2 is 1.39 bits per heavy atom. The summed E-state index contributed by atoms with van der Waals surface area (Å²) in [6, 6.07) is 12.9. The van der Waals surface area contributed by atoms with Gasteiger partial charge in [0.15, 0.2) is 0 Å². The molecule has 2 heterocycles. The molecule has 2 aliphatic heterocycles. The van der Waals surface area contributed by atoms with E-state index in [9.17, 15) is 0 Å². The molecule has 2 aromatic rings. The lowest BCUT2D eigenvalue weighted by Gasteiger charge is -2.42. The summed E-state index contributed by atoms with van der Waals surface area (Å²) in [7, 11) is -1.51. The lowest BCUT2D eigenvalue weighted by molar-refractivity contribution is -0.315. The van der Waals surface area contributed by atoms with Crippen LogP contribution in [0.5, 0.6) is 11.5 Å². The highest BCUT2D eigenvalue weighted by Crippen LogP contribution is 2.50. The topological polar surface area (TPSA) is 55.4 Å². The van der Waals surface area contributed by atoms with Crippen molar-refractivity contribution >= 4 is 8.60 Å². The molecule has 0 N–H and O–H groups in total. The summed E-state index contributed by atoms with van der Waals surface area (Å²) < 4.78 is 36.9. The van der Waals surface area contributed by atoms with Crippen LogP contribution < -0.4 is 9.26 Å². The minimum Gasteiger partial charge on any atom is -0.441 e. The molecule has 41 heavy (non-hydrogen) atoms. The Morgan fingerprint density at radius 3 is 1.95 bits per heavy atom. The molecule has 2 saturated heterocycles. The molecule has 0 aliphatic carbocycles. The molecule has 0 aromatic heterocycles. The van der Waals surface area contributed by atoms with Crippen molar-refractivity contribution in [1.29, 1.82) is 0 Å². The molecule has 0 saturated carbocycles. The van der Waals surface area contributed by atoms with Gasteiger partial charge in [0.2, 0.25) is 0 Å². The fourth-order valence-electron chi connectivity index (χ4n) is 5.11. The van der Waals surface area contributed by atoms with Crippen molar-refractivity contribution in [2.24, 2.45) is 17.3 Å². The minimum absolute atomic E-state index is 0.0587. The van der Waals surface area contributed by atoms with Gasteiger partial charge in [-0.15, -0.1) is 0 Å². The van der Waals surface area contributed by atoms with Crippen molar-refractivity contribution < 1.29 is 27.8 Å². The molecule has 0 amide bonds. The highest BCUT2D eigenvalue weighted by molar-refractivity contribution is 7.42. The predicted octanol–water partition coefficient (Wildman–Crippen LogP) is 8.73. The lowest BCUT2D eigenvalue weighted by atomic mass is 9.84. The van der Waals surface area contributed by atoms with E-state index in [-0.39, 0.29) is 16.2 Å². The summed E-state index contributed by atoms with van der Waals surface area (Å²) in [4.78, 5) is 0. The molecule has 6 nitrogen and oxygen atoms in total. The van der Waals surface area contributed by atoms with Crippen molar-refractivity contribution in [2.45, 2.75) is 99.4 Å². The molecule has 0 unspecified atom stereocenters. The first-order valence-electron chi connectivity index (χ1n) is 15.0. The number of ether oxygens (including phenoxy) is 3. The van der Waals surface area contributed by atoms with E-state index in [1.165, 1.54) is 22.3 Å². The number of benzene rings is 2. The molecule has 1 spiro atoms. The second-order valence-corrected chi connectivity index (χ2v) is 15.9. The maximum atomic E-state index is 6.30. The van der Waals surface area contributed by atoms with Crippen LogP contribution in [0.4, 0.5) is 0 Å². The zero-order chi connectivity index (χ0) is 30.0. The van der Waals surface area contributed by atoms with Crippen molar-refractivity contribution in [3.05, 3.63) is 58.7 Å². The van der Waals surface area contributed by atoms with E-state index in [0.717, 1.165) is 24.3 Å². The molecule has 0 radical (unpaired) electrons. The molecule has 2 aliphatic rings. The van der Waals surface area contributed by atoms with Crippen LogP contribution in [0.25, 0.3) is 0 Å². The van der Waals surface area contributed by atoms with Gasteiger partial charge in [-0.1, -0.05) is 93.5 Å². The standard InChI is InChI=1S/C34H51O6P/c1-23(2)15-25-11-13-30(28(17-25)33(8,9)10)40-41-37-21-34(22-38-41)19-35-31(36-20-34)39-29-14-12-27(32(5,6)7)18-26(29)16-24(3)4/h11-14,17-18,23-24,31H,15-16,19-22H2,1-10H3. The maximum absolute atomic E-state index is 6.30. The van der Waals surface area contributed by atoms with Crippen LogP contribution >= 0.6 is 8.60 Å². The van der Waals surface area contributed by atoms with Gasteiger partial charge < -0.3 is 27.8 Å². The van der Waals surface area contributed by atoms with E-state index < -0.39 is 15.1 Å². The molecule has 4 rings (SSSR count). The molecule has 0 bridgehead atoms. The van der Waals surface area contributed by atoms with Gasteiger partial charge in [0.25, 0.3) is 0 Å². The molecule has 2 fully saturated rings. The van der Waals surface area contributed by atoms with Gasteiger partial charge in [-0.05, 0) is 64.3 Å². The molecule has 7 heteroatoms. The van der Waals surface area contributed by atoms with Crippen LogP contribution in [0.1, 0.15) is 91.5 Å². The van der Waals surface area contributed by atoms with Gasteiger partial charge in [-0.3, -0.25) is 0 Å². The maximum Gasteiger partial charge on any atom is 0.397 e. The van der Waals surface area contributed by atoms with Crippen LogP contribution in [0, 0.1) is 17.3 Å². The van der Waals surface area contributed by atoms with Gasteiger partial charge in [-0.25, -0.2) is 0 Å². The van der Waals surface area contributed by atoms with E-state index in [1.54, 1.807) is 0 Å². The van der Waals surface area contributed by atoms with E-state index in [0.29, 0.717) is 38.3 Å². The average Bonchev–Trinajstić information content (AvgIpc) is 2.87. The quantitative estimate of drug-likeness (QED) is 0.288. The fourth-order valence-corrected chi connectivity index (χ4v) is 6.37. The van der Waals surface area contributed by atoms with Crippen LogP contribution in [-0.4, -0.2) is 32.9 Å². The average molecular weight is 587 g/mol. The van der Waals surface area contributed by atoms with Gasteiger partial charge in [0.1, 0.15) is 11.5 Å². The van der Waals surface area contributed by atoms with E-state index in [1.807, 2.05) is 6.07 Å². The summed E-state index contributed by atoms with van der Waals surface area (Å²) >= 11 is 0. The van der Waals surface area contributed by atoms with Gasteiger partial charge in [0.05, 0.1) is 31.8 Å². The fraction of sp³-hybridized carbons (Fsp3) is 0.647. The molecule has 2 aromatic carbocycles. The van der Waals surface area contributed by atoms with Crippen molar-refractivity contribution in [3.63, 3.8) is 0 Å². The predicted molar refractivity (Wildman–Crippen MR) is 166 cm³/mol. The van der Waals surface area contributed by atoms with Crippen molar-refractivity contribution in [3.8, 4) is 11.5 Å². The Labute approximate surface area is 249 Å². The first-order valence-corrected chi connectivity index (χ1v) is 16.1. The molecule has 228 valence electrons. The highest BCUT2D eigenvalue weighted by Gasteiger charge is 2.44. The van der Waals surface area contributed by atoms with Gasteiger partial charge in [-0.2, -0.15) is 0 Å². The highest BCUT2D eigenvalue weighted by atomic mass is 31.2. The second-order valence-electron chi connectivity index (χ2n) is 14.7. The van der Waals surface area contributed by atoms with Gasteiger partial charge in [0, 0.05) is 5.56 Å². The van der Waals surface area contributed by atoms with Crippen molar-refractivity contribution in [1.82, 2.24) is 0 Å². The monoisotopic (exact) mass is 586 g/mol. The summed E-state index contributed by atoms with van der Waals surface area (Å²) in [5.74, 6) is 2.75. The summed E-state index contributed by atoms with van der Waals surface area (Å²) in [6.45, 7) is 23.2. The van der Waals surface area contributed by atoms with E-state index >= 15 is 0 Å². The third-order valence-corrected chi connectivity index (χ3v) is 8.48. The number of hydrogen-bond donors (Lipinski definition) is 0. The Morgan fingerprint density at radius 1 is 0.780 bits per heavy atom. The largest absolute Gasteiger partial charge is 0.441 e. The first kappa shape index (κ1) is 32.2. The van der Waals surface area contributed by atoms with Crippen LogP contribution in [0.15, 0.2) is 36.4 Å². The molecule has 0 atom stereocenters. The Bertz CT molecular complexity index is 1140.